The Labute approximate surface area is 128 Å². The molecule has 1 aromatic rings. The number of nitrogens with one attached hydrogen (secondary N) is 1. The van der Waals surface area contributed by atoms with Crippen LogP contribution < -0.4 is 10.1 Å². The largest absolute Gasteiger partial charge is 0.481 e. The number of hydrogen-bond donors (Lipinski definition) is 1. The highest BCUT2D eigenvalue weighted by atomic mass is 16.5. The van der Waals surface area contributed by atoms with E-state index in [1.54, 1.807) is 0 Å². The number of benzene rings is 1. The minimum Gasteiger partial charge on any atom is -0.481 e. The third-order valence-corrected chi connectivity index (χ3v) is 3.78. The number of hydrogen-bond acceptors (Lipinski definition) is 3. The van der Waals surface area contributed by atoms with Crippen molar-refractivity contribution in [1.82, 2.24) is 5.32 Å². The lowest BCUT2D eigenvalue weighted by atomic mass is 9.98. The van der Waals surface area contributed by atoms with Gasteiger partial charge in [0.1, 0.15) is 12.4 Å². The zero-order chi connectivity index (χ0) is 14.8. The van der Waals surface area contributed by atoms with Gasteiger partial charge in [-0.25, -0.2) is 0 Å². The number of para-hydroxylation sites is 1. The van der Waals surface area contributed by atoms with Crippen LogP contribution in [0.25, 0.3) is 0 Å². The minimum atomic E-state index is 0.307. The second-order valence-electron chi connectivity index (χ2n) is 5.41. The molecule has 0 atom stereocenters. The van der Waals surface area contributed by atoms with Crippen LogP contribution in [0, 0.1) is 12.3 Å². The molecule has 0 heterocycles. The average molecular weight is 287 g/mol. The van der Waals surface area contributed by atoms with Crippen LogP contribution in [0.3, 0.4) is 0 Å². The van der Waals surface area contributed by atoms with Crippen LogP contribution in [0.1, 0.15) is 37.7 Å². The monoisotopic (exact) mass is 287 g/mol. The first kappa shape index (κ1) is 15.9. The molecule has 1 N–H and O–H groups in total. The molecule has 0 saturated heterocycles. The molecule has 1 aliphatic rings. The van der Waals surface area contributed by atoms with E-state index in [-0.39, 0.29) is 0 Å². The fraction of sp³-hybridized carbons (Fsp3) is 0.556. The molecule has 0 aliphatic heterocycles. The van der Waals surface area contributed by atoms with E-state index in [1.807, 2.05) is 18.2 Å². The molecule has 0 aromatic heterocycles. The van der Waals surface area contributed by atoms with Gasteiger partial charge in [0.05, 0.1) is 12.7 Å². The SMILES string of the molecule is C#CCOc1ccccc1CNCCOC1CCCCC1. The summed E-state index contributed by atoms with van der Waals surface area (Å²) < 4.78 is 11.4. The molecule has 1 fully saturated rings. The Balaban J connectivity index is 1.65. The third kappa shape index (κ3) is 5.79. The van der Waals surface area contributed by atoms with Gasteiger partial charge in [0, 0.05) is 18.7 Å². The highest BCUT2D eigenvalue weighted by molar-refractivity contribution is 5.33. The van der Waals surface area contributed by atoms with Crippen molar-refractivity contribution in [3.63, 3.8) is 0 Å². The van der Waals surface area contributed by atoms with E-state index in [4.69, 9.17) is 15.9 Å². The highest BCUT2D eigenvalue weighted by Crippen LogP contribution is 2.20. The first-order chi connectivity index (χ1) is 10.4. The van der Waals surface area contributed by atoms with Crippen molar-refractivity contribution < 1.29 is 9.47 Å². The van der Waals surface area contributed by atoms with Crippen LogP contribution in [-0.2, 0) is 11.3 Å². The van der Waals surface area contributed by atoms with Crippen LogP contribution in [0.4, 0.5) is 0 Å². The molecule has 3 nitrogen and oxygen atoms in total. The van der Waals surface area contributed by atoms with Crippen molar-refractivity contribution in [1.29, 1.82) is 0 Å². The fourth-order valence-electron chi connectivity index (χ4n) is 2.66. The van der Waals surface area contributed by atoms with Crippen molar-refractivity contribution in [2.45, 2.75) is 44.8 Å². The molecule has 1 saturated carbocycles. The Morgan fingerprint density at radius 1 is 1.19 bits per heavy atom. The summed E-state index contributed by atoms with van der Waals surface area (Å²) in [6.45, 7) is 2.72. The van der Waals surface area contributed by atoms with Gasteiger partial charge < -0.3 is 14.8 Å². The van der Waals surface area contributed by atoms with Crippen LogP contribution >= 0.6 is 0 Å². The van der Waals surface area contributed by atoms with E-state index < -0.39 is 0 Å². The average Bonchev–Trinajstić information content (AvgIpc) is 2.54. The second-order valence-corrected chi connectivity index (χ2v) is 5.41. The molecular weight excluding hydrogens is 262 g/mol. The lowest BCUT2D eigenvalue weighted by Crippen LogP contribution is -2.24. The molecule has 114 valence electrons. The Kier molecular flexibility index (Phi) is 7.14. The molecule has 1 aromatic carbocycles. The number of terminal acetylenes is 1. The van der Waals surface area contributed by atoms with Crippen LogP contribution in [0.5, 0.6) is 5.75 Å². The summed E-state index contributed by atoms with van der Waals surface area (Å²) >= 11 is 0. The zero-order valence-corrected chi connectivity index (χ0v) is 12.6. The Morgan fingerprint density at radius 2 is 2.00 bits per heavy atom. The van der Waals surface area contributed by atoms with Crippen molar-refractivity contribution in [2.75, 3.05) is 19.8 Å². The molecule has 0 unspecified atom stereocenters. The normalized spacial score (nSPS) is 15.6. The summed E-state index contributed by atoms with van der Waals surface area (Å²) in [6.07, 6.45) is 12.2. The number of ether oxygens (including phenoxy) is 2. The zero-order valence-electron chi connectivity index (χ0n) is 12.6. The summed E-state index contributed by atoms with van der Waals surface area (Å²) in [5.41, 5.74) is 1.13. The molecule has 0 spiro atoms. The summed E-state index contributed by atoms with van der Waals surface area (Å²) in [6, 6.07) is 7.98. The minimum absolute atomic E-state index is 0.307. The second kappa shape index (κ2) is 9.44. The standard InChI is InChI=1S/C18H25NO2/c1-2-13-21-18-11-7-6-8-16(18)15-19-12-14-20-17-9-4-3-5-10-17/h1,6-8,11,17,19H,3-5,9-10,12-15H2. The van der Waals surface area contributed by atoms with Gasteiger partial charge in [0.25, 0.3) is 0 Å². The molecule has 1 aliphatic carbocycles. The van der Waals surface area contributed by atoms with Crippen molar-refractivity contribution in [3.8, 4) is 18.1 Å². The van der Waals surface area contributed by atoms with Crippen molar-refractivity contribution in [3.05, 3.63) is 29.8 Å². The van der Waals surface area contributed by atoms with Crippen molar-refractivity contribution in [2.24, 2.45) is 0 Å². The molecule has 2 rings (SSSR count). The van der Waals surface area contributed by atoms with Gasteiger partial charge in [-0.05, 0) is 18.9 Å². The predicted molar refractivity (Wildman–Crippen MR) is 85.3 cm³/mol. The van der Waals surface area contributed by atoms with Gasteiger partial charge in [-0.2, -0.15) is 0 Å². The van der Waals surface area contributed by atoms with Crippen LogP contribution in [0.2, 0.25) is 0 Å². The Hall–Kier alpha value is -1.50. The smallest absolute Gasteiger partial charge is 0.148 e. The van der Waals surface area contributed by atoms with Gasteiger partial charge in [0.15, 0.2) is 0 Å². The summed E-state index contributed by atoms with van der Waals surface area (Å²) in [5.74, 6) is 3.35. The quantitative estimate of drug-likeness (QED) is 0.588. The summed E-state index contributed by atoms with van der Waals surface area (Å²) in [7, 11) is 0. The van der Waals surface area contributed by atoms with E-state index in [2.05, 4.69) is 17.3 Å². The van der Waals surface area contributed by atoms with Gasteiger partial charge in [0.2, 0.25) is 0 Å². The van der Waals surface area contributed by atoms with E-state index in [9.17, 15) is 0 Å². The van der Waals surface area contributed by atoms with E-state index in [0.29, 0.717) is 12.7 Å². The fourth-order valence-corrected chi connectivity index (χ4v) is 2.66. The topological polar surface area (TPSA) is 30.5 Å². The van der Waals surface area contributed by atoms with E-state index in [0.717, 1.165) is 31.0 Å². The Morgan fingerprint density at radius 3 is 2.81 bits per heavy atom. The summed E-state index contributed by atoms with van der Waals surface area (Å²) in [4.78, 5) is 0. The number of rotatable bonds is 8. The van der Waals surface area contributed by atoms with E-state index in [1.165, 1.54) is 32.1 Å². The van der Waals surface area contributed by atoms with Crippen molar-refractivity contribution >= 4 is 0 Å². The van der Waals surface area contributed by atoms with Gasteiger partial charge in [-0.1, -0.05) is 43.4 Å². The van der Waals surface area contributed by atoms with Crippen LogP contribution in [-0.4, -0.2) is 25.9 Å². The van der Waals surface area contributed by atoms with Crippen LogP contribution in [0.15, 0.2) is 24.3 Å². The predicted octanol–water partition coefficient (Wildman–Crippen LogP) is 3.14. The third-order valence-electron chi connectivity index (χ3n) is 3.78. The molecular formula is C18H25NO2. The van der Waals surface area contributed by atoms with Gasteiger partial charge in [-0.15, -0.1) is 6.42 Å². The molecule has 21 heavy (non-hydrogen) atoms. The lowest BCUT2D eigenvalue weighted by molar-refractivity contribution is 0.0302. The Bertz CT molecular complexity index is 447. The first-order valence-electron chi connectivity index (χ1n) is 7.86. The molecule has 3 heteroatoms. The first-order valence-corrected chi connectivity index (χ1v) is 7.86. The highest BCUT2D eigenvalue weighted by Gasteiger charge is 2.12. The maximum absolute atomic E-state index is 5.90. The van der Waals surface area contributed by atoms with Gasteiger partial charge >= 0.3 is 0 Å². The lowest BCUT2D eigenvalue weighted by Gasteiger charge is -2.22. The molecule has 0 radical (unpaired) electrons. The maximum Gasteiger partial charge on any atom is 0.148 e. The molecule has 0 bridgehead atoms. The maximum atomic E-state index is 5.90. The molecule has 0 amide bonds. The van der Waals surface area contributed by atoms with Gasteiger partial charge in [-0.3, -0.25) is 0 Å². The van der Waals surface area contributed by atoms with E-state index >= 15 is 0 Å². The summed E-state index contributed by atoms with van der Waals surface area (Å²) in [5, 5.41) is 3.40.